The summed E-state index contributed by atoms with van der Waals surface area (Å²) in [7, 11) is 4.47. The average molecular weight is 940 g/mol. The van der Waals surface area contributed by atoms with Crippen molar-refractivity contribution in [2.24, 2.45) is 0 Å². The first-order chi connectivity index (χ1) is 30.2. The van der Waals surface area contributed by atoms with Crippen LogP contribution in [-0.2, 0) is 31.4 Å². The summed E-state index contributed by atoms with van der Waals surface area (Å²) in [5, 5.41) is 21.2. The largest absolute Gasteiger partial charge is 0.506 e. The van der Waals surface area contributed by atoms with Gasteiger partial charge in [-0.3, -0.25) is 9.59 Å². The van der Waals surface area contributed by atoms with Crippen LogP contribution in [0, 0.1) is 0 Å². The molecule has 0 aliphatic carbocycles. The van der Waals surface area contributed by atoms with Crippen molar-refractivity contribution < 1.29 is 74.7 Å². The fraction of sp³-hybridized carbons (Fsp3) is 0.286. The van der Waals surface area contributed by atoms with Gasteiger partial charge in [-0.15, -0.1) is 23.2 Å². The number of nitrogens with one attached hydrogen (secondary N) is 2. The van der Waals surface area contributed by atoms with Crippen LogP contribution in [0.3, 0.4) is 0 Å². The summed E-state index contributed by atoms with van der Waals surface area (Å²) in [5.41, 5.74) is -4.56. The molecule has 2 amide bonds. The number of methoxy groups -OCH3 is 4. The lowest BCUT2D eigenvalue weighted by atomic mass is 9.95. The Bertz CT molecular complexity index is 2640. The topological polar surface area (TPSA) is 184 Å². The van der Waals surface area contributed by atoms with Gasteiger partial charge in [0.1, 0.15) is 34.4 Å². The molecule has 2 aromatic heterocycles. The number of phenolic OH excluding ortho intramolecular Hbond substituents is 2. The number of hydrogen-bond acceptors (Lipinski definition) is 10. The van der Waals surface area contributed by atoms with Gasteiger partial charge in [-0.05, 0) is 35.4 Å². The molecule has 0 bridgehead atoms. The number of halogens is 8. The predicted octanol–water partition coefficient (Wildman–Crippen LogP) is 8.45. The molecule has 3 aromatic carbocycles. The number of carbonyl (C=O) groups excluding carboxylic acids is 4. The SMILES string of the molecule is COC(=O)c1c(C(F)(F)F)[nH]c2c(O)cc3c(c12)[C@H](CCl)CN3C(=O)/C=C/c1cc(OC)c(/C=C/C(=O)N2C[C@@H](CCl)c3c2cc(O)c2[nH]c(C(F)(F)F)c(C(=O)OC)c32)cc1OC. The second-order valence-corrected chi connectivity index (χ2v) is 15.1. The molecule has 0 saturated heterocycles. The number of aromatic amines is 2. The van der Waals surface area contributed by atoms with Gasteiger partial charge < -0.3 is 48.9 Å². The highest BCUT2D eigenvalue weighted by Gasteiger charge is 2.45. The second kappa shape index (κ2) is 16.9. The number of esters is 2. The van der Waals surface area contributed by atoms with E-state index in [0.29, 0.717) is 11.1 Å². The molecule has 2 aliphatic heterocycles. The molecular weight excluding hydrogens is 905 g/mol. The van der Waals surface area contributed by atoms with E-state index in [-0.39, 0.29) is 69.6 Å². The number of anilines is 2. The molecule has 14 nitrogen and oxygen atoms in total. The van der Waals surface area contributed by atoms with Crippen molar-refractivity contribution in [3.05, 3.63) is 81.2 Å². The van der Waals surface area contributed by atoms with Crippen LogP contribution in [0.2, 0.25) is 0 Å². The highest BCUT2D eigenvalue weighted by Crippen LogP contribution is 2.51. The van der Waals surface area contributed by atoms with Gasteiger partial charge in [0, 0.05) is 82.9 Å². The highest BCUT2D eigenvalue weighted by molar-refractivity contribution is 6.21. The van der Waals surface area contributed by atoms with E-state index < -0.39 is 93.0 Å². The van der Waals surface area contributed by atoms with E-state index in [0.717, 1.165) is 38.5 Å². The normalized spacial score (nSPS) is 16.3. The predicted molar refractivity (Wildman–Crippen MR) is 222 cm³/mol. The number of hydrogen-bond donors (Lipinski definition) is 4. The number of fused-ring (bicyclic) bond motifs is 6. The van der Waals surface area contributed by atoms with Gasteiger partial charge in [-0.1, -0.05) is 0 Å². The lowest BCUT2D eigenvalue weighted by molar-refractivity contribution is -0.141. The maximum absolute atomic E-state index is 14.1. The number of nitrogens with zero attached hydrogens (tertiary/aromatic N) is 2. The number of rotatable bonds is 10. The Morgan fingerprint density at radius 3 is 1.33 bits per heavy atom. The van der Waals surface area contributed by atoms with Gasteiger partial charge in [-0.2, -0.15) is 26.3 Å². The maximum Gasteiger partial charge on any atom is 0.432 e. The Balaban J connectivity index is 1.20. The number of benzene rings is 3. The summed E-state index contributed by atoms with van der Waals surface area (Å²) in [5.74, 6) is -6.90. The molecular formula is C42H34Cl2F6N4O10. The molecule has 4 heterocycles. The monoisotopic (exact) mass is 938 g/mol. The summed E-state index contributed by atoms with van der Waals surface area (Å²) < 4.78 is 105. The molecule has 338 valence electrons. The third-order valence-corrected chi connectivity index (χ3v) is 11.7. The third kappa shape index (κ3) is 7.56. The summed E-state index contributed by atoms with van der Waals surface area (Å²) >= 11 is 12.5. The van der Waals surface area contributed by atoms with Crippen molar-refractivity contribution in [1.29, 1.82) is 0 Å². The second-order valence-electron chi connectivity index (χ2n) is 14.5. The van der Waals surface area contributed by atoms with Crippen LogP contribution in [0.25, 0.3) is 34.0 Å². The van der Waals surface area contributed by atoms with E-state index in [1.165, 1.54) is 48.3 Å². The number of aromatic hydroxyl groups is 2. The van der Waals surface area contributed by atoms with E-state index in [2.05, 4.69) is 19.4 Å². The molecule has 0 radical (unpaired) electrons. The van der Waals surface area contributed by atoms with Crippen LogP contribution in [0.1, 0.15) is 66.2 Å². The fourth-order valence-electron chi connectivity index (χ4n) is 8.25. The zero-order valence-electron chi connectivity index (χ0n) is 33.7. The van der Waals surface area contributed by atoms with Crippen molar-refractivity contribution in [2.75, 3.05) is 63.1 Å². The van der Waals surface area contributed by atoms with Crippen LogP contribution >= 0.6 is 23.2 Å². The van der Waals surface area contributed by atoms with Crippen molar-refractivity contribution >= 4 is 92.3 Å². The molecule has 0 fully saturated rings. The number of amides is 2. The summed E-state index contributed by atoms with van der Waals surface area (Å²) in [4.78, 5) is 59.6. The number of phenols is 2. The molecule has 2 atom stereocenters. The molecule has 0 spiro atoms. The summed E-state index contributed by atoms with van der Waals surface area (Å²) in [6, 6.07) is 5.15. The molecule has 4 N–H and O–H groups in total. The Morgan fingerprint density at radius 1 is 0.672 bits per heavy atom. The van der Waals surface area contributed by atoms with Gasteiger partial charge in [0.05, 0.1) is 62.0 Å². The minimum atomic E-state index is -5.04. The Labute approximate surface area is 367 Å². The van der Waals surface area contributed by atoms with Gasteiger partial charge >= 0.3 is 24.3 Å². The van der Waals surface area contributed by atoms with E-state index in [9.17, 15) is 55.7 Å². The summed E-state index contributed by atoms with van der Waals surface area (Å²) in [6.07, 6.45) is -5.09. The zero-order valence-corrected chi connectivity index (χ0v) is 35.2. The Morgan fingerprint density at radius 2 is 1.03 bits per heavy atom. The van der Waals surface area contributed by atoms with Crippen LogP contribution in [0.15, 0.2) is 36.4 Å². The van der Waals surface area contributed by atoms with Crippen molar-refractivity contribution in [1.82, 2.24) is 9.97 Å². The first-order valence-corrected chi connectivity index (χ1v) is 19.8. The van der Waals surface area contributed by atoms with E-state index in [1.54, 1.807) is 0 Å². The minimum absolute atomic E-state index is 0.0126. The quantitative estimate of drug-likeness (QED) is 0.0459. The molecule has 64 heavy (non-hydrogen) atoms. The standard InChI is InChI=1S/C42H34Cl2F6N4O10/c1-61-25-9-18(6-8-28(58)54-16-20(14-44)30-22(54)12-24(56)36-32(30)34(40(60)64-4)38(52-36)42(48,49)50)26(62-2)10-17(25)5-7-27(57)53-15-19(13-43)29-21(53)11-23(55)35-31(29)33(39(59)63-3)37(51-35)41(45,46)47/h5-12,19-20,51-52,55-56H,13-16H2,1-4H3/b7-5+,8-6+/t19-,20-/m1/s1. The van der Waals surface area contributed by atoms with Crippen molar-refractivity contribution in [2.45, 2.75) is 24.2 Å². The zero-order chi connectivity index (χ0) is 46.7. The highest BCUT2D eigenvalue weighted by atomic mass is 35.5. The average Bonchev–Trinajstić information content (AvgIpc) is 4.04. The van der Waals surface area contributed by atoms with E-state index >= 15 is 0 Å². The number of carbonyl (C=O) groups is 4. The third-order valence-electron chi connectivity index (χ3n) is 11.0. The van der Waals surface area contributed by atoms with Crippen molar-refractivity contribution in [3.63, 3.8) is 0 Å². The molecule has 2 aliphatic rings. The smallest absolute Gasteiger partial charge is 0.432 e. The summed E-state index contributed by atoms with van der Waals surface area (Å²) in [6.45, 7) is -0.258. The Hall–Kier alpha value is -6.54. The number of alkyl halides is 8. The van der Waals surface area contributed by atoms with Gasteiger partial charge in [0.2, 0.25) is 0 Å². The van der Waals surface area contributed by atoms with Crippen LogP contribution < -0.4 is 19.3 Å². The molecule has 0 saturated carbocycles. The van der Waals surface area contributed by atoms with Crippen molar-refractivity contribution in [3.8, 4) is 23.0 Å². The first-order valence-electron chi connectivity index (χ1n) is 18.7. The van der Waals surface area contributed by atoms with Crippen LogP contribution in [-0.4, -0.2) is 97.2 Å². The molecule has 7 rings (SSSR count). The number of aromatic nitrogens is 2. The Kier molecular flexibility index (Phi) is 12.0. The maximum atomic E-state index is 14.1. The first kappa shape index (κ1) is 45.5. The van der Waals surface area contributed by atoms with Gasteiger partial charge in [0.15, 0.2) is 0 Å². The van der Waals surface area contributed by atoms with Gasteiger partial charge in [-0.25, -0.2) is 9.59 Å². The molecule has 5 aromatic rings. The molecule has 22 heteroatoms. The van der Waals surface area contributed by atoms with Crippen LogP contribution in [0.4, 0.5) is 37.7 Å². The minimum Gasteiger partial charge on any atom is -0.506 e. The van der Waals surface area contributed by atoms with E-state index in [1.807, 2.05) is 0 Å². The van der Waals surface area contributed by atoms with Gasteiger partial charge in [0.25, 0.3) is 11.8 Å². The van der Waals surface area contributed by atoms with E-state index in [4.69, 9.17) is 32.7 Å². The number of H-pyrrole nitrogens is 2. The lowest BCUT2D eigenvalue weighted by Gasteiger charge is -2.17. The lowest BCUT2D eigenvalue weighted by Crippen LogP contribution is -2.28. The number of ether oxygens (including phenoxy) is 4. The molecule has 0 unspecified atom stereocenters. The van der Waals surface area contributed by atoms with Crippen LogP contribution in [0.5, 0.6) is 23.0 Å². The fourth-order valence-corrected chi connectivity index (χ4v) is 8.75.